The number of hydrogen-bond acceptors (Lipinski definition) is 2. The molecule has 5 heteroatoms. The molecule has 82 valence electrons. The van der Waals surface area contributed by atoms with Crippen molar-refractivity contribution < 1.29 is 4.79 Å². The Morgan fingerprint density at radius 1 is 1.50 bits per heavy atom. The second-order valence-electron chi connectivity index (χ2n) is 3.27. The number of carbonyl (C=O) groups excluding carboxylic acids is 1. The Labute approximate surface area is 84.9 Å². The summed E-state index contributed by atoms with van der Waals surface area (Å²) in [7, 11) is 0. The van der Waals surface area contributed by atoms with E-state index in [0.717, 1.165) is 12.8 Å². The molecule has 0 aliphatic carbocycles. The van der Waals surface area contributed by atoms with Gasteiger partial charge in [0.25, 0.3) is 0 Å². The average Bonchev–Trinajstić information content (AvgIpc) is 2.12. The van der Waals surface area contributed by atoms with Gasteiger partial charge in [0, 0.05) is 19.0 Å². The van der Waals surface area contributed by atoms with Gasteiger partial charge in [-0.15, -0.1) is 0 Å². The van der Waals surface area contributed by atoms with Gasteiger partial charge in [-0.3, -0.25) is 9.79 Å². The number of hydrogen-bond donors (Lipinski definition) is 3. The Bertz CT molecular complexity index is 199. The number of guanidine groups is 1. The van der Waals surface area contributed by atoms with E-state index in [1.165, 1.54) is 0 Å². The maximum atomic E-state index is 11.0. The number of rotatable bonds is 6. The molecular weight excluding hydrogens is 180 g/mol. The quantitative estimate of drug-likeness (QED) is 0.319. The van der Waals surface area contributed by atoms with E-state index in [-0.39, 0.29) is 17.9 Å². The molecule has 0 bridgehead atoms. The molecule has 0 radical (unpaired) electrons. The zero-order valence-electron chi connectivity index (χ0n) is 8.92. The zero-order chi connectivity index (χ0) is 11.0. The summed E-state index contributed by atoms with van der Waals surface area (Å²) in [5.41, 5.74) is 10.3. The van der Waals surface area contributed by atoms with E-state index in [2.05, 4.69) is 10.3 Å². The van der Waals surface area contributed by atoms with Crippen LogP contribution in [0.1, 0.15) is 33.1 Å². The molecule has 5 N–H and O–H groups in total. The van der Waals surface area contributed by atoms with Crippen LogP contribution in [-0.2, 0) is 4.79 Å². The first-order valence-electron chi connectivity index (χ1n) is 4.91. The number of aliphatic imine (C=N–C) groups is 1. The van der Waals surface area contributed by atoms with Crippen molar-refractivity contribution in [1.29, 1.82) is 0 Å². The number of nitrogens with two attached hydrogens (primary N) is 2. The van der Waals surface area contributed by atoms with Crippen molar-refractivity contribution in [1.82, 2.24) is 5.32 Å². The van der Waals surface area contributed by atoms with Crippen LogP contribution in [0.5, 0.6) is 0 Å². The van der Waals surface area contributed by atoms with Crippen LogP contribution < -0.4 is 16.8 Å². The van der Waals surface area contributed by atoms with Gasteiger partial charge in [0.1, 0.15) is 0 Å². The highest BCUT2D eigenvalue weighted by molar-refractivity contribution is 5.76. The molecule has 0 saturated carbocycles. The van der Waals surface area contributed by atoms with Crippen molar-refractivity contribution in [3.05, 3.63) is 0 Å². The highest BCUT2D eigenvalue weighted by atomic mass is 16.1. The molecule has 0 fully saturated rings. The standard InChI is InChI=1S/C9H20N4O/c1-3-8(14)13-7(2)5-4-6-12-9(10)11/h7H,3-6H2,1-2H3,(H,13,14)(H4,10,11,12). The molecule has 0 aromatic heterocycles. The Morgan fingerprint density at radius 2 is 2.14 bits per heavy atom. The Balaban J connectivity index is 3.49. The van der Waals surface area contributed by atoms with Crippen LogP contribution in [0.25, 0.3) is 0 Å². The van der Waals surface area contributed by atoms with Gasteiger partial charge in [-0.2, -0.15) is 0 Å². The van der Waals surface area contributed by atoms with Gasteiger partial charge in [-0.1, -0.05) is 6.92 Å². The molecule has 14 heavy (non-hydrogen) atoms. The maximum absolute atomic E-state index is 11.0. The SMILES string of the molecule is CCC(=O)NC(C)CCCN=C(N)N. The molecule has 5 nitrogen and oxygen atoms in total. The van der Waals surface area contributed by atoms with Gasteiger partial charge in [0.05, 0.1) is 0 Å². The molecule has 0 spiro atoms. The predicted octanol–water partition coefficient (Wildman–Crippen LogP) is -0.0453. The van der Waals surface area contributed by atoms with E-state index in [1.807, 2.05) is 13.8 Å². The molecule has 0 saturated heterocycles. The summed E-state index contributed by atoms with van der Waals surface area (Å²) < 4.78 is 0. The van der Waals surface area contributed by atoms with Gasteiger partial charge >= 0.3 is 0 Å². The molecule has 0 aliphatic heterocycles. The van der Waals surface area contributed by atoms with Gasteiger partial charge in [0.15, 0.2) is 5.96 Å². The molecule has 0 aliphatic rings. The van der Waals surface area contributed by atoms with E-state index >= 15 is 0 Å². The summed E-state index contributed by atoms with van der Waals surface area (Å²) in [6.45, 7) is 4.43. The number of nitrogens with one attached hydrogen (secondary N) is 1. The molecule has 0 aromatic carbocycles. The maximum Gasteiger partial charge on any atom is 0.219 e. The minimum absolute atomic E-state index is 0.0827. The van der Waals surface area contributed by atoms with E-state index in [9.17, 15) is 4.79 Å². The monoisotopic (exact) mass is 200 g/mol. The molecular formula is C9H20N4O. The van der Waals surface area contributed by atoms with Crippen LogP contribution in [-0.4, -0.2) is 24.5 Å². The van der Waals surface area contributed by atoms with Crippen LogP contribution in [0.4, 0.5) is 0 Å². The van der Waals surface area contributed by atoms with Crippen molar-refractivity contribution in [3.8, 4) is 0 Å². The summed E-state index contributed by atoms with van der Waals surface area (Å²) in [6, 6.07) is 0.191. The van der Waals surface area contributed by atoms with Crippen molar-refractivity contribution in [3.63, 3.8) is 0 Å². The lowest BCUT2D eigenvalue weighted by atomic mass is 10.2. The molecule has 1 atom stereocenters. The minimum atomic E-state index is 0.0827. The van der Waals surface area contributed by atoms with Crippen molar-refractivity contribution in [2.24, 2.45) is 16.5 Å². The summed E-state index contributed by atoms with van der Waals surface area (Å²) in [5.74, 6) is 0.203. The van der Waals surface area contributed by atoms with E-state index in [0.29, 0.717) is 13.0 Å². The number of amides is 1. The van der Waals surface area contributed by atoms with Crippen LogP contribution in [0.15, 0.2) is 4.99 Å². The fourth-order valence-electron chi connectivity index (χ4n) is 1.05. The molecule has 0 heterocycles. The van der Waals surface area contributed by atoms with E-state index in [4.69, 9.17) is 11.5 Å². The molecule has 0 rings (SSSR count). The zero-order valence-corrected chi connectivity index (χ0v) is 8.92. The van der Waals surface area contributed by atoms with Crippen LogP contribution in [0, 0.1) is 0 Å². The van der Waals surface area contributed by atoms with Crippen LogP contribution >= 0.6 is 0 Å². The number of carbonyl (C=O) groups is 1. The normalized spacial score (nSPS) is 11.9. The van der Waals surface area contributed by atoms with Crippen LogP contribution in [0.3, 0.4) is 0 Å². The topological polar surface area (TPSA) is 93.5 Å². The first-order chi connectivity index (χ1) is 6.56. The average molecular weight is 200 g/mol. The van der Waals surface area contributed by atoms with Crippen LogP contribution in [0.2, 0.25) is 0 Å². The summed E-state index contributed by atoms with van der Waals surface area (Å²) >= 11 is 0. The third kappa shape index (κ3) is 7.39. The smallest absolute Gasteiger partial charge is 0.219 e. The first kappa shape index (κ1) is 12.7. The van der Waals surface area contributed by atoms with Gasteiger partial charge < -0.3 is 16.8 Å². The number of nitrogens with zero attached hydrogens (tertiary/aromatic N) is 1. The fraction of sp³-hybridized carbons (Fsp3) is 0.778. The lowest BCUT2D eigenvalue weighted by molar-refractivity contribution is -0.121. The minimum Gasteiger partial charge on any atom is -0.370 e. The predicted molar refractivity (Wildman–Crippen MR) is 57.8 cm³/mol. The lowest BCUT2D eigenvalue weighted by Gasteiger charge is -2.11. The van der Waals surface area contributed by atoms with Gasteiger partial charge in [-0.25, -0.2) is 0 Å². The van der Waals surface area contributed by atoms with Gasteiger partial charge in [0.2, 0.25) is 5.91 Å². The molecule has 1 unspecified atom stereocenters. The molecule has 0 aromatic rings. The Morgan fingerprint density at radius 3 is 2.64 bits per heavy atom. The summed E-state index contributed by atoms with van der Waals surface area (Å²) in [6.07, 6.45) is 2.30. The third-order valence-corrected chi connectivity index (χ3v) is 1.82. The van der Waals surface area contributed by atoms with Crippen molar-refractivity contribution in [2.45, 2.75) is 39.2 Å². The lowest BCUT2D eigenvalue weighted by Crippen LogP contribution is -2.32. The second kappa shape index (κ2) is 7.17. The fourth-order valence-corrected chi connectivity index (χ4v) is 1.05. The van der Waals surface area contributed by atoms with Crippen molar-refractivity contribution in [2.75, 3.05) is 6.54 Å². The Kier molecular flexibility index (Phi) is 6.53. The highest BCUT2D eigenvalue weighted by Gasteiger charge is 2.03. The van der Waals surface area contributed by atoms with E-state index in [1.54, 1.807) is 0 Å². The second-order valence-corrected chi connectivity index (χ2v) is 3.27. The summed E-state index contributed by atoms with van der Waals surface area (Å²) in [4.78, 5) is 14.8. The Hall–Kier alpha value is -1.26. The van der Waals surface area contributed by atoms with E-state index < -0.39 is 0 Å². The van der Waals surface area contributed by atoms with Crippen molar-refractivity contribution >= 4 is 11.9 Å². The van der Waals surface area contributed by atoms with Gasteiger partial charge in [-0.05, 0) is 19.8 Å². The highest BCUT2D eigenvalue weighted by Crippen LogP contribution is 1.97. The molecule has 1 amide bonds. The largest absolute Gasteiger partial charge is 0.370 e. The summed E-state index contributed by atoms with van der Waals surface area (Å²) in [5, 5.41) is 2.87. The third-order valence-electron chi connectivity index (χ3n) is 1.82. The first-order valence-corrected chi connectivity index (χ1v) is 4.91.